The van der Waals surface area contributed by atoms with Crippen LogP contribution in [0.3, 0.4) is 0 Å². The maximum atomic E-state index is 11.1. The summed E-state index contributed by atoms with van der Waals surface area (Å²) in [5.41, 5.74) is 0.287. The minimum Gasteiger partial charge on any atom is -0.392 e. The Labute approximate surface area is 157 Å². The highest BCUT2D eigenvalue weighted by Gasteiger charge is 2.73. The Hall–Kier alpha value is -0.243. The van der Waals surface area contributed by atoms with Gasteiger partial charge in [0.15, 0.2) is 6.29 Å². The molecule has 148 valence electrons. The van der Waals surface area contributed by atoms with Gasteiger partial charge in [-0.25, -0.2) is 0 Å². The van der Waals surface area contributed by atoms with Gasteiger partial charge in [-0.3, -0.25) is 0 Å². The molecule has 4 rings (SSSR count). The van der Waals surface area contributed by atoms with E-state index in [1.165, 1.54) is 0 Å². The Bertz CT molecular complexity index is 589. The van der Waals surface area contributed by atoms with Crippen molar-refractivity contribution in [2.75, 3.05) is 19.8 Å². The van der Waals surface area contributed by atoms with E-state index in [9.17, 15) is 10.2 Å². The van der Waals surface area contributed by atoms with Gasteiger partial charge in [-0.1, -0.05) is 38.7 Å². The SMILES string of the molecule is C=C1C[C@@H]2OC[C@]3(C)[C@H](O)C[C@H](O)[C@@]4(CO[C@H](OCC[Si](C)(C)C)[C@@H]14)[C@@H]23. The molecule has 8 atom stereocenters. The van der Waals surface area contributed by atoms with Gasteiger partial charge < -0.3 is 24.4 Å². The fourth-order valence-corrected chi connectivity index (χ4v) is 6.81. The molecular weight excluding hydrogens is 348 g/mol. The highest BCUT2D eigenvalue weighted by molar-refractivity contribution is 6.76. The van der Waals surface area contributed by atoms with Crippen LogP contribution in [-0.2, 0) is 14.2 Å². The molecule has 1 spiro atoms. The first-order valence-corrected chi connectivity index (χ1v) is 13.7. The molecule has 0 aromatic heterocycles. The first-order valence-electron chi connectivity index (χ1n) is 9.98. The number of aliphatic hydroxyl groups excluding tert-OH is 2. The predicted molar refractivity (Wildman–Crippen MR) is 101 cm³/mol. The molecule has 4 aliphatic rings. The molecule has 4 fully saturated rings. The van der Waals surface area contributed by atoms with Crippen LogP contribution < -0.4 is 0 Å². The summed E-state index contributed by atoms with van der Waals surface area (Å²) in [4.78, 5) is 0. The van der Waals surface area contributed by atoms with Crippen molar-refractivity contribution in [3.05, 3.63) is 12.2 Å². The molecule has 2 aliphatic heterocycles. The van der Waals surface area contributed by atoms with Crippen LogP contribution in [-0.4, -0.2) is 62.7 Å². The molecule has 26 heavy (non-hydrogen) atoms. The topological polar surface area (TPSA) is 68.2 Å². The fourth-order valence-electron chi connectivity index (χ4n) is 6.08. The van der Waals surface area contributed by atoms with Crippen molar-refractivity contribution in [3.63, 3.8) is 0 Å². The van der Waals surface area contributed by atoms with Crippen LogP contribution in [0.4, 0.5) is 0 Å². The minimum absolute atomic E-state index is 0.0117. The van der Waals surface area contributed by atoms with Gasteiger partial charge in [0.2, 0.25) is 0 Å². The summed E-state index contributed by atoms with van der Waals surface area (Å²) >= 11 is 0. The zero-order valence-corrected chi connectivity index (χ0v) is 17.5. The Morgan fingerprint density at radius 3 is 2.62 bits per heavy atom. The molecule has 2 N–H and O–H groups in total. The molecular formula is C20H34O5Si. The van der Waals surface area contributed by atoms with Crippen LogP contribution in [0.1, 0.15) is 19.8 Å². The van der Waals surface area contributed by atoms with Crippen LogP contribution in [0, 0.1) is 22.7 Å². The summed E-state index contributed by atoms with van der Waals surface area (Å²) in [6.45, 7) is 15.2. The summed E-state index contributed by atoms with van der Waals surface area (Å²) in [5.74, 6) is 0.0590. The van der Waals surface area contributed by atoms with E-state index >= 15 is 0 Å². The van der Waals surface area contributed by atoms with Crippen LogP contribution in [0.5, 0.6) is 0 Å². The molecule has 0 radical (unpaired) electrons. The summed E-state index contributed by atoms with van der Waals surface area (Å²) in [6, 6.07) is 1.09. The van der Waals surface area contributed by atoms with Gasteiger partial charge in [-0.05, 0) is 12.5 Å². The van der Waals surface area contributed by atoms with Crippen molar-refractivity contribution < 1.29 is 24.4 Å². The smallest absolute Gasteiger partial charge is 0.164 e. The van der Waals surface area contributed by atoms with E-state index < -0.39 is 25.7 Å². The lowest BCUT2D eigenvalue weighted by atomic mass is 9.46. The Kier molecular flexibility index (Phi) is 4.50. The molecule has 2 saturated heterocycles. The highest BCUT2D eigenvalue weighted by Crippen LogP contribution is 2.67. The maximum absolute atomic E-state index is 11.1. The highest BCUT2D eigenvalue weighted by atomic mass is 28.3. The van der Waals surface area contributed by atoms with Crippen LogP contribution >= 0.6 is 0 Å². The number of ether oxygens (including phenoxy) is 3. The molecule has 0 aromatic carbocycles. The van der Waals surface area contributed by atoms with E-state index in [0.29, 0.717) is 26.2 Å². The summed E-state index contributed by atoms with van der Waals surface area (Å²) in [5, 5.41) is 21.8. The van der Waals surface area contributed by atoms with Crippen molar-refractivity contribution in [3.8, 4) is 0 Å². The number of aliphatic hydroxyl groups is 2. The fraction of sp³-hybridized carbons (Fsp3) is 0.900. The molecule has 0 aromatic rings. The molecule has 0 amide bonds. The first kappa shape index (κ1) is 19.1. The number of hydrogen-bond acceptors (Lipinski definition) is 5. The van der Waals surface area contributed by atoms with Crippen molar-refractivity contribution in [1.82, 2.24) is 0 Å². The van der Waals surface area contributed by atoms with E-state index in [1.807, 2.05) is 0 Å². The molecule has 0 unspecified atom stereocenters. The number of hydrogen-bond donors (Lipinski definition) is 2. The third kappa shape index (κ3) is 2.60. The molecule has 2 aliphatic carbocycles. The van der Waals surface area contributed by atoms with Gasteiger partial charge in [0.1, 0.15) is 0 Å². The Balaban J connectivity index is 1.63. The maximum Gasteiger partial charge on any atom is 0.164 e. The van der Waals surface area contributed by atoms with Crippen molar-refractivity contribution >= 4 is 8.07 Å². The average molecular weight is 383 g/mol. The summed E-state index contributed by atoms with van der Waals surface area (Å²) in [6.07, 6.45) is -0.349. The van der Waals surface area contributed by atoms with Gasteiger partial charge in [-0.15, -0.1) is 0 Å². The van der Waals surface area contributed by atoms with Gasteiger partial charge in [-0.2, -0.15) is 0 Å². The van der Waals surface area contributed by atoms with Crippen LogP contribution in [0.15, 0.2) is 12.2 Å². The van der Waals surface area contributed by atoms with Crippen molar-refractivity contribution in [2.45, 2.75) is 70.1 Å². The lowest BCUT2D eigenvalue weighted by Crippen LogP contribution is -2.65. The summed E-state index contributed by atoms with van der Waals surface area (Å²) < 4.78 is 18.5. The zero-order valence-electron chi connectivity index (χ0n) is 16.5. The monoisotopic (exact) mass is 382 g/mol. The van der Waals surface area contributed by atoms with Crippen molar-refractivity contribution in [1.29, 1.82) is 0 Å². The van der Waals surface area contributed by atoms with Gasteiger partial charge in [0, 0.05) is 43.8 Å². The largest absolute Gasteiger partial charge is 0.392 e. The van der Waals surface area contributed by atoms with Crippen molar-refractivity contribution in [2.24, 2.45) is 22.7 Å². The molecule has 2 heterocycles. The molecule has 2 saturated carbocycles. The van der Waals surface area contributed by atoms with E-state index in [1.54, 1.807) is 0 Å². The molecule has 0 bridgehead atoms. The van der Waals surface area contributed by atoms with E-state index in [4.69, 9.17) is 14.2 Å². The van der Waals surface area contributed by atoms with Crippen LogP contribution in [0.2, 0.25) is 25.7 Å². The van der Waals surface area contributed by atoms with E-state index in [0.717, 1.165) is 18.0 Å². The normalized spacial score (nSPS) is 50.6. The third-order valence-electron chi connectivity index (χ3n) is 7.48. The second-order valence-electron chi connectivity index (χ2n) is 10.4. The average Bonchev–Trinajstić information content (AvgIpc) is 3.06. The lowest BCUT2D eigenvalue weighted by Gasteiger charge is -2.58. The first-order chi connectivity index (χ1) is 12.1. The minimum atomic E-state index is -1.18. The summed E-state index contributed by atoms with van der Waals surface area (Å²) in [7, 11) is -1.18. The second kappa shape index (κ2) is 6.13. The van der Waals surface area contributed by atoms with Gasteiger partial charge in [0.05, 0.1) is 31.5 Å². The lowest BCUT2D eigenvalue weighted by molar-refractivity contribution is -0.181. The zero-order chi connectivity index (χ0) is 18.9. The van der Waals surface area contributed by atoms with Gasteiger partial charge in [0.25, 0.3) is 0 Å². The molecule has 6 heteroatoms. The third-order valence-corrected chi connectivity index (χ3v) is 9.19. The molecule has 5 nitrogen and oxygen atoms in total. The number of rotatable bonds is 4. The quantitative estimate of drug-likeness (QED) is 0.577. The van der Waals surface area contributed by atoms with Gasteiger partial charge >= 0.3 is 0 Å². The standard InChI is InChI=1S/C20H34O5Si/c1-12-8-13-17-19(2,10-24-13)14(21)9-15(22)20(17)11-25-18(16(12)20)23-6-7-26(3,4)5/h13-18,21-22H,1,6-11H2,2-5H3/t13-,14+,15-,16+,17-,18-,19+,20+/m0/s1. The van der Waals surface area contributed by atoms with E-state index in [-0.39, 0.29) is 29.6 Å². The second-order valence-corrected chi connectivity index (χ2v) is 16.0. The Morgan fingerprint density at radius 1 is 1.19 bits per heavy atom. The van der Waals surface area contributed by atoms with Crippen LogP contribution in [0.25, 0.3) is 0 Å². The van der Waals surface area contributed by atoms with E-state index in [2.05, 4.69) is 33.1 Å². The predicted octanol–water partition coefficient (Wildman–Crippen LogP) is 2.41. The Morgan fingerprint density at radius 2 is 1.92 bits per heavy atom.